The molecule has 1 aliphatic carbocycles. The van der Waals surface area contributed by atoms with Gasteiger partial charge in [-0.05, 0) is 73.1 Å². The summed E-state index contributed by atoms with van der Waals surface area (Å²) < 4.78 is 12.3. The van der Waals surface area contributed by atoms with Crippen molar-refractivity contribution in [3.63, 3.8) is 0 Å². The number of benzene rings is 1. The second kappa shape index (κ2) is 6.90. The molecule has 4 rings (SSSR count). The fraction of sp³-hybridized carbons (Fsp3) is 0.300. The molecule has 1 amide bonds. The first-order chi connectivity index (χ1) is 12.6. The van der Waals surface area contributed by atoms with E-state index in [-0.39, 0.29) is 11.9 Å². The zero-order valence-corrected chi connectivity index (χ0v) is 16.5. The molecule has 1 aliphatic heterocycles. The van der Waals surface area contributed by atoms with Crippen molar-refractivity contribution in [2.24, 2.45) is 0 Å². The summed E-state index contributed by atoms with van der Waals surface area (Å²) >= 11 is 2.22. The molecule has 0 radical (unpaired) electrons. The standard InChI is InChI=1S/C20H18INO4/c1-2-25-20(24)18-12-5-3-4-6-16(12)26-17(18)10-14-13-9-11(21)7-8-15(13)22-19(14)23/h7-10H,2-6H2,1H3,(H,22,23). The summed E-state index contributed by atoms with van der Waals surface area (Å²) in [4.78, 5) is 25.0. The van der Waals surface area contributed by atoms with Crippen molar-refractivity contribution in [3.8, 4) is 0 Å². The van der Waals surface area contributed by atoms with Gasteiger partial charge in [0.15, 0.2) is 0 Å². The number of nitrogens with one attached hydrogen (secondary N) is 1. The van der Waals surface area contributed by atoms with Crippen LogP contribution >= 0.6 is 22.6 Å². The minimum Gasteiger partial charge on any atom is -0.462 e. The topological polar surface area (TPSA) is 68.5 Å². The molecule has 1 aromatic carbocycles. The largest absolute Gasteiger partial charge is 0.462 e. The number of fused-ring (bicyclic) bond motifs is 2. The van der Waals surface area contributed by atoms with Gasteiger partial charge in [0.05, 0.1) is 12.2 Å². The van der Waals surface area contributed by atoms with Crippen molar-refractivity contribution in [3.05, 3.63) is 50.0 Å². The van der Waals surface area contributed by atoms with Crippen molar-refractivity contribution in [2.75, 3.05) is 11.9 Å². The van der Waals surface area contributed by atoms with Crippen molar-refractivity contribution in [1.82, 2.24) is 0 Å². The highest BCUT2D eigenvalue weighted by Crippen LogP contribution is 2.37. The van der Waals surface area contributed by atoms with Crippen LogP contribution in [0.15, 0.2) is 22.6 Å². The van der Waals surface area contributed by atoms with Crippen LogP contribution in [-0.2, 0) is 22.4 Å². The van der Waals surface area contributed by atoms with Crippen molar-refractivity contribution >= 4 is 51.8 Å². The van der Waals surface area contributed by atoms with Gasteiger partial charge in [-0.25, -0.2) is 4.79 Å². The number of anilines is 1. The van der Waals surface area contributed by atoms with Crippen molar-refractivity contribution < 1.29 is 18.7 Å². The van der Waals surface area contributed by atoms with E-state index in [0.29, 0.717) is 23.5 Å². The molecule has 2 aliphatic rings. The number of halogens is 1. The number of esters is 1. The lowest BCUT2D eigenvalue weighted by atomic mass is 9.94. The van der Waals surface area contributed by atoms with E-state index in [0.717, 1.165) is 51.8 Å². The number of furan rings is 1. The van der Waals surface area contributed by atoms with E-state index >= 15 is 0 Å². The Balaban J connectivity index is 1.85. The van der Waals surface area contributed by atoms with Crippen molar-refractivity contribution in [1.29, 1.82) is 0 Å². The minimum absolute atomic E-state index is 0.189. The van der Waals surface area contributed by atoms with Crippen LogP contribution in [0.2, 0.25) is 0 Å². The van der Waals surface area contributed by atoms with Gasteiger partial charge in [-0.1, -0.05) is 0 Å². The molecule has 0 atom stereocenters. The molecule has 5 nitrogen and oxygen atoms in total. The number of amides is 1. The third kappa shape index (κ3) is 2.96. The van der Waals surface area contributed by atoms with E-state index in [1.165, 1.54) is 0 Å². The number of ether oxygens (including phenoxy) is 1. The second-order valence-electron chi connectivity index (χ2n) is 6.37. The molecule has 26 heavy (non-hydrogen) atoms. The maximum Gasteiger partial charge on any atom is 0.342 e. The molecule has 0 saturated heterocycles. The number of carbonyl (C=O) groups excluding carboxylic acids is 2. The van der Waals surface area contributed by atoms with Gasteiger partial charge in [-0.3, -0.25) is 4.79 Å². The van der Waals surface area contributed by atoms with Crippen molar-refractivity contribution in [2.45, 2.75) is 32.6 Å². The van der Waals surface area contributed by atoms with Gasteiger partial charge >= 0.3 is 5.97 Å². The summed E-state index contributed by atoms with van der Waals surface area (Å²) in [5, 5.41) is 2.86. The SMILES string of the molecule is CCOC(=O)c1c(C=C2C(=O)Nc3ccc(I)cc32)oc2c1CCCC2. The lowest BCUT2D eigenvalue weighted by Gasteiger charge is -2.10. The fourth-order valence-corrected chi connectivity index (χ4v) is 4.04. The van der Waals surface area contributed by atoms with E-state index in [4.69, 9.17) is 9.15 Å². The molecule has 0 fully saturated rings. The molecule has 0 spiro atoms. The molecule has 2 heterocycles. The molecule has 6 heteroatoms. The first-order valence-corrected chi connectivity index (χ1v) is 9.81. The quantitative estimate of drug-likeness (QED) is 0.416. The zero-order chi connectivity index (χ0) is 18.3. The summed E-state index contributed by atoms with van der Waals surface area (Å²) in [6, 6.07) is 5.78. The lowest BCUT2D eigenvalue weighted by Crippen LogP contribution is -2.10. The van der Waals surface area contributed by atoms with Crippen LogP contribution in [0.25, 0.3) is 11.6 Å². The maximum absolute atomic E-state index is 12.5. The summed E-state index contributed by atoms with van der Waals surface area (Å²) in [6.45, 7) is 2.08. The first-order valence-electron chi connectivity index (χ1n) is 8.73. The Morgan fingerprint density at radius 3 is 2.96 bits per heavy atom. The Morgan fingerprint density at radius 2 is 2.15 bits per heavy atom. The number of carbonyl (C=O) groups is 2. The molecule has 1 N–H and O–H groups in total. The molecule has 0 unspecified atom stereocenters. The van der Waals surface area contributed by atoms with Crippen LogP contribution in [0.3, 0.4) is 0 Å². The van der Waals surface area contributed by atoms with Gasteiger partial charge in [0.25, 0.3) is 5.91 Å². The lowest BCUT2D eigenvalue weighted by molar-refractivity contribution is -0.110. The van der Waals surface area contributed by atoms with Gasteiger partial charge in [-0.15, -0.1) is 0 Å². The van der Waals surface area contributed by atoms with Crippen LogP contribution in [0.1, 0.15) is 52.8 Å². The van der Waals surface area contributed by atoms with E-state index in [2.05, 4.69) is 27.9 Å². The normalized spacial score (nSPS) is 17.0. The average Bonchev–Trinajstić information content (AvgIpc) is 3.13. The summed E-state index contributed by atoms with van der Waals surface area (Å²) in [7, 11) is 0. The zero-order valence-electron chi connectivity index (χ0n) is 14.4. The van der Waals surface area contributed by atoms with Gasteiger partial charge in [0, 0.05) is 26.8 Å². The highest BCUT2D eigenvalue weighted by Gasteiger charge is 2.30. The van der Waals surface area contributed by atoms with Crippen LogP contribution in [0.5, 0.6) is 0 Å². The predicted octanol–water partition coefficient (Wildman–Crippen LogP) is 4.43. The highest BCUT2D eigenvalue weighted by molar-refractivity contribution is 14.1. The van der Waals surface area contributed by atoms with E-state index in [9.17, 15) is 9.59 Å². The van der Waals surface area contributed by atoms with Crippen LogP contribution in [0, 0.1) is 3.57 Å². The fourth-order valence-electron chi connectivity index (χ4n) is 3.55. The predicted molar refractivity (Wildman–Crippen MR) is 107 cm³/mol. The van der Waals surface area contributed by atoms with Gasteiger partial charge in [0.2, 0.25) is 0 Å². The van der Waals surface area contributed by atoms with Gasteiger partial charge in [0.1, 0.15) is 17.1 Å². The van der Waals surface area contributed by atoms with Crippen LogP contribution in [-0.4, -0.2) is 18.5 Å². The number of aryl methyl sites for hydroxylation is 1. The molecule has 0 saturated carbocycles. The second-order valence-corrected chi connectivity index (χ2v) is 7.62. The molecule has 0 bridgehead atoms. The molecule has 134 valence electrons. The Kier molecular flexibility index (Phi) is 4.60. The van der Waals surface area contributed by atoms with Crippen LogP contribution < -0.4 is 5.32 Å². The Hall–Kier alpha value is -2.09. The Morgan fingerprint density at radius 1 is 1.35 bits per heavy atom. The Bertz CT molecular complexity index is 942. The number of hydrogen-bond acceptors (Lipinski definition) is 4. The first kappa shape index (κ1) is 17.3. The monoisotopic (exact) mass is 463 g/mol. The molecular formula is C20H18INO4. The van der Waals surface area contributed by atoms with Gasteiger partial charge < -0.3 is 14.5 Å². The van der Waals surface area contributed by atoms with E-state index in [1.54, 1.807) is 13.0 Å². The summed E-state index contributed by atoms with van der Waals surface area (Å²) in [5.41, 5.74) is 3.51. The highest BCUT2D eigenvalue weighted by atomic mass is 127. The summed E-state index contributed by atoms with van der Waals surface area (Å²) in [6.07, 6.45) is 5.36. The van der Waals surface area contributed by atoms with Crippen LogP contribution in [0.4, 0.5) is 5.69 Å². The average molecular weight is 463 g/mol. The number of hydrogen-bond donors (Lipinski definition) is 1. The third-order valence-electron chi connectivity index (χ3n) is 4.72. The maximum atomic E-state index is 12.5. The molecule has 1 aromatic heterocycles. The summed E-state index contributed by atoms with van der Waals surface area (Å²) in [5.74, 6) is 0.693. The number of rotatable bonds is 3. The van der Waals surface area contributed by atoms with E-state index in [1.807, 2.05) is 18.2 Å². The molecular weight excluding hydrogens is 445 g/mol. The smallest absolute Gasteiger partial charge is 0.342 e. The minimum atomic E-state index is -0.382. The van der Waals surface area contributed by atoms with Gasteiger partial charge in [-0.2, -0.15) is 0 Å². The third-order valence-corrected chi connectivity index (χ3v) is 5.39. The van der Waals surface area contributed by atoms with E-state index < -0.39 is 0 Å². The Labute approximate surface area is 164 Å². The molecule has 2 aromatic rings.